The second-order valence-electron chi connectivity index (χ2n) is 8.20. The van der Waals surface area contributed by atoms with Crippen LogP contribution in [0.2, 0.25) is 5.02 Å². The fourth-order valence-electron chi connectivity index (χ4n) is 4.08. The summed E-state index contributed by atoms with van der Waals surface area (Å²) >= 11 is 7.33. The number of nitrogens with one attached hydrogen (secondary N) is 1. The molecule has 0 aliphatic heterocycles. The van der Waals surface area contributed by atoms with Crippen LogP contribution in [-0.2, 0) is 13.0 Å². The number of pyridine rings is 1. The summed E-state index contributed by atoms with van der Waals surface area (Å²) in [6.07, 6.45) is 3.97. The number of hydrogen-bond donors (Lipinski definition) is 6. The molecule has 0 fully saturated rings. The minimum Gasteiger partial charge on any atom is -0.391 e. The first-order chi connectivity index (χ1) is 17.8. The van der Waals surface area contributed by atoms with Crippen molar-refractivity contribution in [1.82, 2.24) is 9.97 Å². The van der Waals surface area contributed by atoms with Crippen LogP contribution < -0.4 is 21.4 Å². The highest BCUT2D eigenvalue weighted by Crippen LogP contribution is 2.34. The standard InChI is InChI=1S/C24H26ClFN7O3S/c1-2-3-13-6-14(16-7-15(25)4-5-19(16)32(28)12-30-27)9-33(36)22(13)23(35)24-29-8-18(31-24)17-11-37-20(10-34)21(17)26/h4-9,11-12,23,34-36H,2-3,10,27-28H2,1H3,(H,29,31)/q+1/b30-12-. The Morgan fingerprint density at radius 3 is 2.81 bits per heavy atom. The van der Waals surface area contributed by atoms with E-state index in [1.54, 1.807) is 23.6 Å². The van der Waals surface area contributed by atoms with Gasteiger partial charge in [0.15, 0.2) is 0 Å². The summed E-state index contributed by atoms with van der Waals surface area (Å²) in [6.45, 7) is 1.56. The number of halogens is 2. The number of hydrazone groups is 1. The zero-order valence-corrected chi connectivity index (χ0v) is 21.3. The first kappa shape index (κ1) is 26.5. The molecule has 0 amide bonds. The highest BCUT2D eigenvalue weighted by molar-refractivity contribution is 7.10. The van der Waals surface area contributed by atoms with Crippen LogP contribution in [0.3, 0.4) is 0 Å². The van der Waals surface area contributed by atoms with Gasteiger partial charge in [0.1, 0.15) is 18.0 Å². The number of aliphatic hydroxyl groups excluding tert-OH is 2. The molecular weight excluding hydrogens is 521 g/mol. The van der Waals surface area contributed by atoms with Gasteiger partial charge < -0.3 is 21.0 Å². The van der Waals surface area contributed by atoms with Gasteiger partial charge in [-0.2, -0.15) is 5.10 Å². The SMILES string of the molecule is CCCc1cc(-c2cc(Cl)ccc2N(N)/C=N\N)c[n+](O)c1C(O)c1ncc(-c2csc(CO)c2F)[nH]1. The van der Waals surface area contributed by atoms with E-state index in [2.05, 4.69) is 15.1 Å². The molecule has 194 valence electrons. The number of nitrogens with two attached hydrogens (primary N) is 2. The summed E-state index contributed by atoms with van der Waals surface area (Å²) in [4.78, 5) is 7.35. The lowest BCUT2D eigenvalue weighted by Crippen LogP contribution is -2.39. The molecule has 4 rings (SSSR count). The Morgan fingerprint density at radius 1 is 1.35 bits per heavy atom. The molecular formula is C24H26ClFN7O3S+. The molecule has 8 N–H and O–H groups in total. The minimum atomic E-state index is -1.34. The number of aromatic nitrogens is 3. The molecule has 0 aliphatic rings. The molecule has 10 nitrogen and oxygen atoms in total. The van der Waals surface area contributed by atoms with E-state index in [-0.39, 0.29) is 22.0 Å². The summed E-state index contributed by atoms with van der Waals surface area (Å²) in [5.41, 5.74) is 3.14. The molecule has 1 atom stereocenters. The number of hydrogen-bond acceptors (Lipinski definition) is 8. The molecule has 3 aromatic heterocycles. The van der Waals surface area contributed by atoms with Gasteiger partial charge >= 0.3 is 0 Å². The van der Waals surface area contributed by atoms with Crippen LogP contribution in [0.1, 0.15) is 41.4 Å². The van der Waals surface area contributed by atoms with Crippen LogP contribution in [0.4, 0.5) is 10.1 Å². The normalized spacial score (nSPS) is 12.4. The predicted octanol–water partition coefficient (Wildman–Crippen LogP) is 3.23. The monoisotopic (exact) mass is 546 g/mol. The summed E-state index contributed by atoms with van der Waals surface area (Å²) < 4.78 is 15.3. The van der Waals surface area contributed by atoms with Gasteiger partial charge in [0, 0.05) is 31.8 Å². The first-order valence-corrected chi connectivity index (χ1v) is 12.5. The van der Waals surface area contributed by atoms with Crippen molar-refractivity contribution < 1.29 is 24.5 Å². The van der Waals surface area contributed by atoms with Crippen molar-refractivity contribution >= 4 is 35.0 Å². The third-order valence-electron chi connectivity index (χ3n) is 5.77. The van der Waals surface area contributed by atoms with E-state index in [0.29, 0.717) is 39.5 Å². The van der Waals surface area contributed by atoms with Gasteiger partial charge in [-0.1, -0.05) is 24.9 Å². The fraction of sp³-hybridized carbons (Fsp3) is 0.208. The molecule has 0 spiro atoms. The van der Waals surface area contributed by atoms with Crippen molar-refractivity contribution in [3.63, 3.8) is 0 Å². The maximum absolute atomic E-state index is 14.5. The van der Waals surface area contributed by atoms with E-state index in [9.17, 15) is 19.8 Å². The van der Waals surface area contributed by atoms with E-state index < -0.39 is 18.5 Å². The zero-order valence-electron chi connectivity index (χ0n) is 19.8. The number of aliphatic hydroxyl groups is 2. The molecule has 0 radical (unpaired) electrons. The Hall–Kier alpha value is -3.55. The van der Waals surface area contributed by atoms with E-state index in [0.717, 1.165) is 22.5 Å². The highest BCUT2D eigenvalue weighted by atomic mass is 35.5. The molecule has 1 aromatic carbocycles. The van der Waals surface area contributed by atoms with E-state index in [4.69, 9.17) is 23.3 Å². The smallest absolute Gasteiger partial charge is 0.273 e. The Balaban J connectivity index is 1.77. The van der Waals surface area contributed by atoms with Crippen LogP contribution in [0, 0.1) is 5.82 Å². The lowest BCUT2D eigenvalue weighted by Gasteiger charge is -2.18. The maximum Gasteiger partial charge on any atom is 0.273 e. The molecule has 13 heteroatoms. The maximum atomic E-state index is 14.5. The van der Waals surface area contributed by atoms with Gasteiger partial charge in [-0.05, 0) is 30.7 Å². The van der Waals surface area contributed by atoms with Crippen molar-refractivity contribution in [3.8, 4) is 22.4 Å². The summed E-state index contributed by atoms with van der Waals surface area (Å²) in [5, 5.41) is 38.2. The Kier molecular flexibility index (Phi) is 8.05. The van der Waals surface area contributed by atoms with Gasteiger partial charge in [0.2, 0.25) is 12.3 Å². The van der Waals surface area contributed by atoms with Crippen LogP contribution in [-0.4, -0.2) is 31.7 Å². The molecule has 1 unspecified atom stereocenters. The second kappa shape index (κ2) is 11.2. The summed E-state index contributed by atoms with van der Waals surface area (Å²) in [7, 11) is 0. The van der Waals surface area contributed by atoms with E-state index >= 15 is 0 Å². The average Bonchev–Trinajstić information content (AvgIpc) is 3.50. The number of nitrogens with zero attached hydrogens (tertiary/aromatic N) is 4. The lowest BCUT2D eigenvalue weighted by molar-refractivity contribution is -0.911. The predicted molar refractivity (Wildman–Crippen MR) is 139 cm³/mol. The Morgan fingerprint density at radius 2 is 2.14 bits per heavy atom. The van der Waals surface area contributed by atoms with Gasteiger partial charge in [-0.3, -0.25) is 10.2 Å². The molecule has 0 saturated carbocycles. The molecule has 0 saturated heterocycles. The van der Waals surface area contributed by atoms with Gasteiger partial charge in [-0.25, -0.2) is 15.2 Å². The van der Waals surface area contributed by atoms with Gasteiger partial charge in [0.05, 0.1) is 34.6 Å². The number of benzene rings is 1. The molecule has 37 heavy (non-hydrogen) atoms. The minimum absolute atomic E-state index is 0.120. The number of aromatic amines is 1. The Bertz CT molecular complexity index is 1440. The first-order valence-electron chi connectivity index (χ1n) is 11.2. The summed E-state index contributed by atoms with van der Waals surface area (Å²) in [6, 6.07) is 6.88. The van der Waals surface area contributed by atoms with Crippen LogP contribution in [0.5, 0.6) is 0 Å². The molecule has 0 bridgehead atoms. The summed E-state index contributed by atoms with van der Waals surface area (Å²) in [5.74, 6) is 10.9. The second-order valence-corrected chi connectivity index (χ2v) is 9.60. The lowest BCUT2D eigenvalue weighted by atomic mass is 9.98. The molecule has 3 heterocycles. The highest BCUT2D eigenvalue weighted by Gasteiger charge is 2.31. The molecule has 0 aliphatic carbocycles. The topological polar surface area (TPSA) is 161 Å². The number of H-pyrrole nitrogens is 1. The van der Waals surface area contributed by atoms with Crippen molar-refractivity contribution in [2.45, 2.75) is 32.5 Å². The third-order valence-corrected chi connectivity index (χ3v) is 6.95. The fourth-order valence-corrected chi connectivity index (χ4v) is 5.03. The van der Waals surface area contributed by atoms with E-state index in [1.165, 1.54) is 23.7 Å². The van der Waals surface area contributed by atoms with Crippen LogP contribution in [0.15, 0.2) is 47.1 Å². The Labute approximate surface area is 220 Å². The number of hydrazine groups is 1. The van der Waals surface area contributed by atoms with Crippen molar-refractivity contribution in [2.75, 3.05) is 5.01 Å². The number of aryl methyl sites for hydroxylation is 1. The number of imidazole rings is 1. The number of thiophene rings is 1. The third kappa shape index (κ3) is 5.29. The zero-order chi connectivity index (χ0) is 26.7. The van der Waals surface area contributed by atoms with Gasteiger partial charge in [0.25, 0.3) is 5.69 Å². The van der Waals surface area contributed by atoms with Crippen LogP contribution in [0.25, 0.3) is 22.4 Å². The van der Waals surface area contributed by atoms with E-state index in [1.807, 2.05) is 13.0 Å². The average molecular weight is 547 g/mol. The van der Waals surface area contributed by atoms with Crippen LogP contribution >= 0.6 is 22.9 Å². The van der Waals surface area contributed by atoms with Crippen molar-refractivity contribution in [1.29, 1.82) is 0 Å². The largest absolute Gasteiger partial charge is 0.391 e. The number of anilines is 1. The molecule has 4 aromatic rings. The van der Waals surface area contributed by atoms with Crippen molar-refractivity contribution in [3.05, 3.63) is 74.8 Å². The van der Waals surface area contributed by atoms with Gasteiger partial charge in [-0.15, -0.1) is 11.3 Å². The van der Waals surface area contributed by atoms with Crippen molar-refractivity contribution in [2.24, 2.45) is 16.8 Å². The quantitative estimate of drug-likeness (QED) is 0.0469. The number of rotatable bonds is 9.